The van der Waals surface area contributed by atoms with Crippen molar-refractivity contribution >= 4 is 12.1 Å². The molecule has 0 aromatic rings. The van der Waals surface area contributed by atoms with Crippen molar-refractivity contribution in [3.05, 3.63) is 0 Å². The fourth-order valence-corrected chi connectivity index (χ4v) is 6.13. The quantitative estimate of drug-likeness (QED) is 0.460. The van der Waals surface area contributed by atoms with Gasteiger partial charge in [0.2, 0.25) is 0 Å². The highest BCUT2D eigenvalue weighted by Gasteiger charge is 2.33. The number of carbonyl (C=O) groups is 2. The molecule has 3 aliphatic heterocycles. The minimum absolute atomic E-state index is 0.0197. The lowest BCUT2D eigenvalue weighted by Crippen LogP contribution is -2.49. The second-order valence-corrected chi connectivity index (χ2v) is 10.5. The molecule has 0 bridgehead atoms. The SMILES string of the molecule is COC(=O)CCN1CCN(CC2CN(CCCC3CCN(C4CCCC4)CC3)C(=O)O2)CC1. The van der Waals surface area contributed by atoms with Gasteiger partial charge in [0.1, 0.15) is 6.10 Å². The van der Waals surface area contributed by atoms with Crippen LogP contribution in [0.2, 0.25) is 0 Å². The minimum atomic E-state index is -0.148. The summed E-state index contributed by atoms with van der Waals surface area (Å²) in [6.45, 7) is 9.48. The van der Waals surface area contributed by atoms with E-state index in [0.717, 1.165) is 70.7 Å². The summed E-state index contributed by atoms with van der Waals surface area (Å²) in [4.78, 5) is 33.0. The highest BCUT2D eigenvalue weighted by atomic mass is 16.6. The van der Waals surface area contributed by atoms with Gasteiger partial charge in [-0.05, 0) is 57.5 Å². The van der Waals surface area contributed by atoms with Crippen LogP contribution in [0.15, 0.2) is 0 Å². The standard InChI is InChI=1S/C25H44N4O4/c1-32-24(30)10-12-26-15-17-27(18-16-26)19-23-20-29(25(31)33-23)11-4-5-21-8-13-28(14-9-21)22-6-2-3-7-22/h21-23H,2-20H2,1H3. The van der Waals surface area contributed by atoms with Crippen molar-refractivity contribution in [1.82, 2.24) is 19.6 Å². The molecule has 188 valence electrons. The van der Waals surface area contributed by atoms with Gasteiger partial charge in [0, 0.05) is 51.9 Å². The molecule has 33 heavy (non-hydrogen) atoms. The molecule has 3 saturated heterocycles. The van der Waals surface area contributed by atoms with Crippen LogP contribution < -0.4 is 0 Å². The van der Waals surface area contributed by atoms with E-state index in [0.29, 0.717) is 6.42 Å². The monoisotopic (exact) mass is 464 g/mol. The fourth-order valence-electron chi connectivity index (χ4n) is 6.13. The van der Waals surface area contributed by atoms with Gasteiger partial charge in [-0.15, -0.1) is 0 Å². The number of esters is 1. The average molecular weight is 465 g/mol. The molecule has 3 heterocycles. The molecular weight excluding hydrogens is 420 g/mol. The van der Waals surface area contributed by atoms with Crippen LogP contribution in [0.4, 0.5) is 4.79 Å². The first-order valence-electron chi connectivity index (χ1n) is 13.3. The smallest absolute Gasteiger partial charge is 0.410 e. The van der Waals surface area contributed by atoms with E-state index in [4.69, 9.17) is 9.47 Å². The predicted octanol–water partition coefficient (Wildman–Crippen LogP) is 2.42. The maximum atomic E-state index is 12.4. The Morgan fingerprint density at radius 3 is 2.36 bits per heavy atom. The summed E-state index contributed by atoms with van der Waals surface area (Å²) in [7, 11) is 1.44. The Balaban J connectivity index is 1.07. The molecule has 0 aromatic carbocycles. The van der Waals surface area contributed by atoms with E-state index in [9.17, 15) is 9.59 Å². The van der Waals surface area contributed by atoms with Gasteiger partial charge in [-0.25, -0.2) is 4.79 Å². The fraction of sp³-hybridized carbons (Fsp3) is 0.920. The molecule has 0 aromatic heterocycles. The molecule has 0 radical (unpaired) electrons. The number of likely N-dealkylation sites (tertiary alicyclic amines) is 1. The maximum Gasteiger partial charge on any atom is 0.410 e. The number of cyclic esters (lactones) is 1. The number of amides is 1. The van der Waals surface area contributed by atoms with Crippen molar-refractivity contribution in [2.24, 2.45) is 5.92 Å². The normalized spacial score (nSPS) is 26.8. The van der Waals surface area contributed by atoms with E-state index in [1.165, 1.54) is 65.1 Å². The third-order valence-corrected chi connectivity index (χ3v) is 8.27. The summed E-state index contributed by atoms with van der Waals surface area (Å²) in [5.41, 5.74) is 0. The first-order chi connectivity index (χ1) is 16.1. The van der Waals surface area contributed by atoms with Gasteiger partial charge in [0.25, 0.3) is 0 Å². The van der Waals surface area contributed by atoms with Crippen molar-refractivity contribution in [2.75, 3.05) is 72.6 Å². The van der Waals surface area contributed by atoms with Gasteiger partial charge in [-0.2, -0.15) is 0 Å². The Morgan fingerprint density at radius 2 is 1.67 bits per heavy atom. The highest BCUT2D eigenvalue weighted by Crippen LogP contribution is 2.29. The molecule has 0 N–H and O–H groups in total. The van der Waals surface area contributed by atoms with Gasteiger partial charge >= 0.3 is 12.1 Å². The van der Waals surface area contributed by atoms with Gasteiger partial charge in [0.05, 0.1) is 20.1 Å². The molecule has 8 nitrogen and oxygen atoms in total. The van der Waals surface area contributed by atoms with Crippen LogP contribution in [0.1, 0.15) is 57.8 Å². The summed E-state index contributed by atoms with van der Waals surface area (Å²) in [6, 6.07) is 0.866. The average Bonchev–Trinajstić information content (AvgIpc) is 3.49. The molecule has 4 aliphatic rings. The summed E-state index contributed by atoms with van der Waals surface area (Å²) in [5.74, 6) is 0.678. The van der Waals surface area contributed by atoms with E-state index < -0.39 is 0 Å². The van der Waals surface area contributed by atoms with Crippen LogP contribution in [-0.4, -0.2) is 116 Å². The third-order valence-electron chi connectivity index (χ3n) is 8.27. The van der Waals surface area contributed by atoms with Gasteiger partial charge in [-0.1, -0.05) is 12.8 Å². The van der Waals surface area contributed by atoms with Crippen LogP contribution in [0, 0.1) is 5.92 Å². The van der Waals surface area contributed by atoms with Crippen molar-refractivity contribution < 1.29 is 19.1 Å². The third kappa shape index (κ3) is 7.30. The van der Waals surface area contributed by atoms with Gasteiger partial charge in [-0.3, -0.25) is 9.69 Å². The molecule has 0 spiro atoms. The zero-order chi connectivity index (χ0) is 23.0. The Morgan fingerprint density at radius 1 is 0.970 bits per heavy atom. The van der Waals surface area contributed by atoms with Crippen molar-refractivity contribution in [1.29, 1.82) is 0 Å². The second-order valence-electron chi connectivity index (χ2n) is 10.5. The summed E-state index contributed by atoms with van der Waals surface area (Å²) < 4.78 is 10.4. The Bertz CT molecular complexity index is 626. The molecule has 1 atom stereocenters. The van der Waals surface area contributed by atoms with E-state index in [2.05, 4.69) is 14.7 Å². The zero-order valence-electron chi connectivity index (χ0n) is 20.6. The van der Waals surface area contributed by atoms with Crippen LogP contribution in [0.5, 0.6) is 0 Å². The first kappa shape index (κ1) is 24.7. The number of nitrogens with zero attached hydrogens (tertiary/aromatic N) is 4. The minimum Gasteiger partial charge on any atom is -0.469 e. The summed E-state index contributed by atoms with van der Waals surface area (Å²) >= 11 is 0. The molecule has 4 rings (SSSR count). The number of piperazine rings is 1. The predicted molar refractivity (Wildman–Crippen MR) is 127 cm³/mol. The van der Waals surface area contributed by atoms with Gasteiger partial charge in [0.15, 0.2) is 0 Å². The molecule has 1 unspecified atom stereocenters. The van der Waals surface area contributed by atoms with E-state index in [-0.39, 0.29) is 18.2 Å². The number of methoxy groups -OCH3 is 1. The number of rotatable bonds is 10. The maximum absolute atomic E-state index is 12.4. The molecule has 8 heteroatoms. The first-order valence-corrected chi connectivity index (χ1v) is 13.3. The van der Waals surface area contributed by atoms with Crippen LogP contribution in [0.3, 0.4) is 0 Å². The second kappa shape index (κ2) is 12.4. The Hall–Kier alpha value is -1.38. The van der Waals surface area contributed by atoms with Crippen molar-refractivity contribution in [3.8, 4) is 0 Å². The Kier molecular flexibility index (Phi) is 9.26. The van der Waals surface area contributed by atoms with E-state index in [1.54, 1.807) is 0 Å². The molecule has 1 amide bonds. The zero-order valence-corrected chi connectivity index (χ0v) is 20.6. The van der Waals surface area contributed by atoms with Crippen molar-refractivity contribution in [3.63, 3.8) is 0 Å². The number of carbonyl (C=O) groups excluding carboxylic acids is 2. The van der Waals surface area contributed by atoms with E-state index in [1.807, 2.05) is 4.90 Å². The van der Waals surface area contributed by atoms with E-state index >= 15 is 0 Å². The topological polar surface area (TPSA) is 65.6 Å². The molecular formula is C25H44N4O4. The number of hydrogen-bond donors (Lipinski definition) is 0. The molecule has 1 aliphatic carbocycles. The van der Waals surface area contributed by atoms with Crippen LogP contribution >= 0.6 is 0 Å². The lowest BCUT2D eigenvalue weighted by molar-refractivity contribution is -0.141. The highest BCUT2D eigenvalue weighted by molar-refractivity contribution is 5.70. The number of piperidine rings is 1. The number of hydrogen-bond acceptors (Lipinski definition) is 7. The van der Waals surface area contributed by atoms with Gasteiger partial charge < -0.3 is 24.2 Å². The molecule has 4 fully saturated rings. The van der Waals surface area contributed by atoms with Crippen molar-refractivity contribution in [2.45, 2.75) is 69.9 Å². The number of ether oxygens (including phenoxy) is 2. The lowest BCUT2D eigenvalue weighted by atomic mass is 9.91. The van der Waals surface area contributed by atoms with Crippen LogP contribution in [-0.2, 0) is 14.3 Å². The van der Waals surface area contributed by atoms with Crippen LogP contribution in [0.25, 0.3) is 0 Å². The largest absolute Gasteiger partial charge is 0.469 e. The Labute approximate surface area is 199 Å². The lowest BCUT2D eigenvalue weighted by Gasteiger charge is -2.36. The summed E-state index contributed by atoms with van der Waals surface area (Å²) in [5, 5.41) is 0. The summed E-state index contributed by atoms with van der Waals surface area (Å²) in [6.07, 6.45) is 10.9. The molecule has 1 saturated carbocycles.